The fourth-order valence-electron chi connectivity index (χ4n) is 1.48. The van der Waals surface area contributed by atoms with Crippen molar-refractivity contribution in [2.24, 2.45) is 5.73 Å². The van der Waals surface area contributed by atoms with Crippen LogP contribution in [0.5, 0.6) is 0 Å². The maximum absolute atomic E-state index is 12.0. The highest BCUT2D eigenvalue weighted by molar-refractivity contribution is 7.89. The van der Waals surface area contributed by atoms with Crippen LogP contribution in [0.1, 0.15) is 11.1 Å². The van der Waals surface area contributed by atoms with E-state index < -0.39 is 10.0 Å². The summed E-state index contributed by atoms with van der Waals surface area (Å²) in [4.78, 5) is 13.0. The van der Waals surface area contributed by atoms with Crippen LogP contribution in [0.2, 0.25) is 0 Å². The molecule has 3 N–H and O–H groups in total. The maximum atomic E-state index is 12.0. The van der Waals surface area contributed by atoms with E-state index in [0.29, 0.717) is 11.1 Å². The Morgan fingerprint density at radius 2 is 2.00 bits per heavy atom. The quantitative estimate of drug-likeness (QED) is 0.746. The summed E-state index contributed by atoms with van der Waals surface area (Å²) in [5.41, 5.74) is 6.82. The normalized spacial score (nSPS) is 11.2. The smallest absolute Gasteiger partial charge is 0.241 e. The third-order valence-corrected chi connectivity index (χ3v) is 4.30. The topological polar surface area (TPSA) is 92.5 Å². The predicted molar refractivity (Wildman–Crippen MR) is 80.9 cm³/mol. The van der Waals surface area contributed by atoms with Gasteiger partial charge in [-0.3, -0.25) is 4.79 Å². The van der Waals surface area contributed by atoms with Crippen molar-refractivity contribution in [3.8, 4) is 0 Å². The van der Waals surface area contributed by atoms with Gasteiger partial charge in [-0.15, -0.1) is 0 Å². The van der Waals surface area contributed by atoms with Crippen molar-refractivity contribution < 1.29 is 13.2 Å². The van der Waals surface area contributed by atoms with Crippen molar-refractivity contribution in [3.05, 3.63) is 29.3 Å². The van der Waals surface area contributed by atoms with Crippen LogP contribution in [0, 0.1) is 6.92 Å². The van der Waals surface area contributed by atoms with Crippen molar-refractivity contribution in [1.82, 2.24) is 9.62 Å². The van der Waals surface area contributed by atoms with Gasteiger partial charge in [0, 0.05) is 19.7 Å². The number of nitrogens with zero attached hydrogens (tertiary/aromatic N) is 1. The van der Waals surface area contributed by atoms with Gasteiger partial charge in [-0.05, 0) is 24.6 Å². The van der Waals surface area contributed by atoms with E-state index >= 15 is 0 Å². The number of carbonyl (C=O) groups excluding carboxylic acids is 1. The van der Waals surface area contributed by atoms with E-state index in [9.17, 15) is 13.2 Å². The number of thiocarbonyl (C=S) groups is 1. The summed E-state index contributed by atoms with van der Waals surface area (Å²) in [6.07, 6.45) is 0. The van der Waals surface area contributed by atoms with Crippen LogP contribution in [0.4, 0.5) is 0 Å². The number of likely N-dealkylation sites (N-methyl/N-ethyl adjacent to an activating group) is 1. The van der Waals surface area contributed by atoms with E-state index in [1.165, 1.54) is 17.0 Å². The first-order chi connectivity index (χ1) is 9.15. The Labute approximate surface area is 124 Å². The maximum Gasteiger partial charge on any atom is 0.241 e. The average Bonchev–Trinajstić information content (AvgIpc) is 2.35. The number of hydrogen-bond acceptors (Lipinski definition) is 4. The molecule has 0 heterocycles. The van der Waals surface area contributed by atoms with Gasteiger partial charge in [0.15, 0.2) is 0 Å². The van der Waals surface area contributed by atoms with Gasteiger partial charge in [0.1, 0.15) is 4.99 Å². The summed E-state index contributed by atoms with van der Waals surface area (Å²) in [6.45, 7) is 1.43. The monoisotopic (exact) mass is 315 g/mol. The van der Waals surface area contributed by atoms with Gasteiger partial charge < -0.3 is 10.6 Å². The lowest BCUT2D eigenvalue weighted by atomic mass is 10.1. The van der Waals surface area contributed by atoms with E-state index in [1.807, 2.05) is 0 Å². The van der Waals surface area contributed by atoms with Crippen molar-refractivity contribution in [1.29, 1.82) is 0 Å². The number of nitrogens with two attached hydrogens (primary N) is 1. The minimum atomic E-state index is -3.74. The highest BCUT2D eigenvalue weighted by Crippen LogP contribution is 2.15. The predicted octanol–water partition coefficient (Wildman–Crippen LogP) is -0.00428. The Kier molecular flexibility index (Phi) is 5.21. The summed E-state index contributed by atoms with van der Waals surface area (Å²) in [5, 5.41) is 0. The first-order valence-corrected chi connectivity index (χ1v) is 7.64. The molecule has 1 aromatic carbocycles. The molecule has 0 unspecified atom stereocenters. The van der Waals surface area contributed by atoms with Crippen LogP contribution >= 0.6 is 12.2 Å². The largest absolute Gasteiger partial charge is 0.389 e. The SMILES string of the molecule is Cc1cc(S(=O)(=O)NCC(=O)N(C)C)ccc1C(N)=S. The van der Waals surface area contributed by atoms with Crippen LogP contribution in [-0.4, -0.2) is 44.9 Å². The molecule has 6 nitrogen and oxygen atoms in total. The highest BCUT2D eigenvalue weighted by Gasteiger charge is 2.17. The Hall–Kier alpha value is -1.51. The van der Waals surface area contributed by atoms with E-state index in [-0.39, 0.29) is 22.3 Å². The van der Waals surface area contributed by atoms with Crippen LogP contribution < -0.4 is 10.5 Å². The van der Waals surface area contributed by atoms with Gasteiger partial charge in [-0.25, -0.2) is 13.1 Å². The third-order valence-electron chi connectivity index (χ3n) is 2.69. The van der Waals surface area contributed by atoms with Crippen molar-refractivity contribution in [3.63, 3.8) is 0 Å². The lowest BCUT2D eigenvalue weighted by Gasteiger charge is -2.12. The van der Waals surface area contributed by atoms with E-state index in [1.54, 1.807) is 27.1 Å². The number of benzene rings is 1. The summed E-state index contributed by atoms with van der Waals surface area (Å²) in [5.74, 6) is -0.329. The Morgan fingerprint density at radius 1 is 1.40 bits per heavy atom. The van der Waals surface area contributed by atoms with Gasteiger partial charge in [0.05, 0.1) is 11.4 Å². The Bertz CT molecular complexity index is 639. The number of amides is 1. The molecular formula is C12H17N3O3S2. The molecule has 1 rings (SSSR count). The fraction of sp³-hybridized carbons (Fsp3) is 0.333. The minimum absolute atomic E-state index is 0.0709. The Balaban J connectivity index is 2.96. The molecule has 0 fully saturated rings. The van der Waals surface area contributed by atoms with Crippen molar-refractivity contribution in [2.45, 2.75) is 11.8 Å². The van der Waals surface area contributed by atoms with Gasteiger partial charge >= 0.3 is 0 Å². The zero-order chi connectivity index (χ0) is 15.5. The zero-order valence-electron chi connectivity index (χ0n) is 11.5. The Morgan fingerprint density at radius 3 is 2.45 bits per heavy atom. The van der Waals surface area contributed by atoms with E-state index in [4.69, 9.17) is 18.0 Å². The zero-order valence-corrected chi connectivity index (χ0v) is 13.1. The standard InChI is InChI=1S/C12H17N3O3S2/c1-8-6-9(4-5-10(8)12(13)19)20(17,18)14-7-11(16)15(2)3/h4-6,14H,7H2,1-3H3,(H2,13,19). The molecule has 0 bridgehead atoms. The highest BCUT2D eigenvalue weighted by atomic mass is 32.2. The molecule has 0 saturated heterocycles. The number of aryl methyl sites for hydroxylation is 1. The lowest BCUT2D eigenvalue weighted by Crippen LogP contribution is -2.36. The summed E-state index contributed by atoms with van der Waals surface area (Å²) in [7, 11) is -0.629. The third kappa shape index (κ3) is 3.99. The number of nitrogens with one attached hydrogen (secondary N) is 1. The number of sulfonamides is 1. The molecule has 0 aromatic heterocycles. The number of rotatable bonds is 5. The second-order valence-corrected chi connectivity index (χ2v) is 6.66. The average molecular weight is 315 g/mol. The van der Waals surface area contributed by atoms with Crippen LogP contribution in [0.25, 0.3) is 0 Å². The molecule has 1 amide bonds. The molecule has 0 radical (unpaired) electrons. The number of hydrogen-bond donors (Lipinski definition) is 2. The van der Waals surface area contributed by atoms with Crippen molar-refractivity contribution >= 4 is 33.1 Å². The molecule has 0 spiro atoms. The van der Waals surface area contributed by atoms with Crippen LogP contribution in [0.15, 0.2) is 23.1 Å². The van der Waals surface area contributed by atoms with Crippen LogP contribution in [-0.2, 0) is 14.8 Å². The molecule has 20 heavy (non-hydrogen) atoms. The lowest BCUT2D eigenvalue weighted by molar-refractivity contribution is -0.127. The fourth-order valence-corrected chi connectivity index (χ4v) is 2.77. The molecule has 1 aromatic rings. The molecule has 0 saturated carbocycles. The molecule has 110 valence electrons. The second-order valence-electron chi connectivity index (χ2n) is 4.45. The second kappa shape index (κ2) is 6.29. The van der Waals surface area contributed by atoms with Crippen LogP contribution in [0.3, 0.4) is 0 Å². The van der Waals surface area contributed by atoms with E-state index in [0.717, 1.165) is 0 Å². The number of carbonyl (C=O) groups is 1. The van der Waals surface area contributed by atoms with Gasteiger partial charge in [0.25, 0.3) is 0 Å². The van der Waals surface area contributed by atoms with Gasteiger partial charge in [0.2, 0.25) is 15.9 Å². The summed E-state index contributed by atoms with van der Waals surface area (Å²) < 4.78 is 26.3. The van der Waals surface area contributed by atoms with Gasteiger partial charge in [-0.1, -0.05) is 18.3 Å². The van der Waals surface area contributed by atoms with Gasteiger partial charge in [-0.2, -0.15) is 0 Å². The molecule has 0 aliphatic carbocycles. The molecule has 0 aliphatic rings. The molecule has 8 heteroatoms. The summed E-state index contributed by atoms with van der Waals surface area (Å²) >= 11 is 4.86. The van der Waals surface area contributed by atoms with E-state index in [2.05, 4.69) is 4.72 Å². The molecule has 0 aliphatic heterocycles. The van der Waals surface area contributed by atoms with Crippen molar-refractivity contribution in [2.75, 3.05) is 20.6 Å². The first-order valence-electron chi connectivity index (χ1n) is 5.75. The summed E-state index contributed by atoms with van der Waals surface area (Å²) in [6, 6.07) is 4.43. The first kappa shape index (κ1) is 16.5. The minimum Gasteiger partial charge on any atom is -0.389 e. The molecule has 0 atom stereocenters. The molecular weight excluding hydrogens is 298 g/mol.